The summed E-state index contributed by atoms with van der Waals surface area (Å²) < 4.78 is 21.9. The zero-order valence-electron chi connectivity index (χ0n) is 11.3. The van der Waals surface area contributed by atoms with Crippen molar-refractivity contribution in [3.05, 3.63) is 0 Å². The van der Waals surface area contributed by atoms with E-state index >= 15 is 0 Å². The van der Waals surface area contributed by atoms with Crippen molar-refractivity contribution >= 4 is 0 Å². The van der Waals surface area contributed by atoms with Gasteiger partial charge in [0.25, 0.3) is 0 Å². The number of rotatable bonds is 5. The lowest BCUT2D eigenvalue weighted by atomic mass is 9.99. The normalized spacial score (nSPS) is 38.6. The third-order valence-corrected chi connectivity index (χ3v) is 2.90. The molecule has 0 amide bonds. The maximum atomic E-state index is 9.95. The summed E-state index contributed by atoms with van der Waals surface area (Å²) in [6.45, 7) is 6.52. The SMILES string of the molecule is CO[C@@H]1[C@H](O)[C@@H](C)O[C@@H](OCC(C)C)[C@@H]1OC. The molecule has 0 aromatic rings. The summed E-state index contributed by atoms with van der Waals surface area (Å²) in [7, 11) is 3.12. The first kappa shape index (κ1) is 14.9. The lowest BCUT2D eigenvalue weighted by Crippen LogP contribution is -2.58. The Kier molecular flexibility index (Phi) is 5.82. The average Bonchev–Trinajstić information content (AvgIpc) is 2.29. The highest BCUT2D eigenvalue weighted by Crippen LogP contribution is 2.26. The van der Waals surface area contributed by atoms with E-state index in [0.717, 1.165) is 0 Å². The van der Waals surface area contributed by atoms with Gasteiger partial charge in [-0.2, -0.15) is 0 Å². The van der Waals surface area contributed by atoms with Crippen LogP contribution in [0.3, 0.4) is 0 Å². The van der Waals surface area contributed by atoms with Gasteiger partial charge in [-0.15, -0.1) is 0 Å². The van der Waals surface area contributed by atoms with Crippen LogP contribution in [0.25, 0.3) is 0 Å². The summed E-state index contributed by atoms with van der Waals surface area (Å²) >= 11 is 0. The Morgan fingerprint density at radius 2 is 1.76 bits per heavy atom. The van der Waals surface area contributed by atoms with Crippen LogP contribution >= 0.6 is 0 Å². The third kappa shape index (κ3) is 3.63. The molecule has 0 saturated carbocycles. The van der Waals surface area contributed by atoms with Gasteiger partial charge in [-0.05, 0) is 12.8 Å². The summed E-state index contributed by atoms with van der Waals surface area (Å²) in [4.78, 5) is 0. The smallest absolute Gasteiger partial charge is 0.186 e. The van der Waals surface area contributed by atoms with E-state index in [0.29, 0.717) is 12.5 Å². The summed E-state index contributed by atoms with van der Waals surface area (Å²) in [5, 5.41) is 9.95. The molecule has 0 bridgehead atoms. The Balaban J connectivity index is 2.67. The second-order valence-corrected chi connectivity index (χ2v) is 4.83. The zero-order valence-corrected chi connectivity index (χ0v) is 11.3. The quantitative estimate of drug-likeness (QED) is 0.779. The van der Waals surface area contributed by atoms with Gasteiger partial charge in [-0.1, -0.05) is 13.8 Å². The van der Waals surface area contributed by atoms with Gasteiger partial charge in [0.2, 0.25) is 0 Å². The minimum Gasteiger partial charge on any atom is -0.388 e. The first-order valence-electron chi connectivity index (χ1n) is 6.02. The minimum absolute atomic E-state index is 0.330. The van der Waals surface area contributed by atoms with Crippen LogP contribution in [-0.2, 0) is 18.9 Å². The minimum atomic E-state index is -0.705. The standard InChI is InChI=1S/C12H24O5/c1-7(2)6-16-12-11(15-5)10(14-4)9(13)8(3)17-12/h7-13H,6H2,1-5H3/t8-,9-,10-,11-,12-/m1/s1. The first-order chi connectivity index (χ1) is 8.01. The Morgan fingerprint density at radius 1 is 1.18 bits per heavy atom. The molecule has 1 aliphatic heterocycles. The maximum absolute atomic E-state index is 9.95. The summed E-state index contributed by atoms with van der Waals surface area (Å²) in [6, 6.07) is 0. The van der Waals surface area contributed by atoms with Crippen molar-refractivity contribution in [2.45, 2.75) is 51.5 Å². The van der Waals surface area contributed by atoms with Crippen molar-refractivity contribution in [1.82, 2.24) is 0 Å². The number of hydrogen-bond donors (Lipinski definition) is 1. The van der Waals surface area contributed by atoms with Crippen molar-refractivity contribution in [3.63, 3.8) is 0 Å². The summed E-state index contributed by atoms with van der Waals surface area (Å²) in [6.07, 6.45) is -2.37. The van der Waals surface area contributed by atoms with Crippen molar-refractivity contribution in [2.24, 2.45) is 5.92 Å². The molecule has 0 radical (unpaired) electrons. The lowest BCUT2D eigenvalue weighted by molar-refractivity contribution is -0.303. The topological polar surface area (TPSA) is 57.2 Å². The van der Waals surface area contributed by atoms with E-state index in [9.17, 15) is 5.11 Å². The van der Waals surface area contributed by atoms with Crippen molar-refractivity contribution < 1.29 is 24.1 Å². The molecular formula is C12H24O5. The molecule has 0 aromatic carbocycles. The fourth-order valence-corrected chi connectivity index (χ4v) is 1.93. The van der Waals surface area contributed by atoms with Crippen LogP contribution in [0.4, 0.5) is 0 Å². The second kappa shape index (κ2) is 6.66. The average molecular weight is 248 g/mol. The van der Waals surface area contributed by atoms with Gasteiger partial charge in [0.1, 0.15) is 18.3 Å². The molecule has 17 heavy (non-hydrogen) atoms. The third-order valence-electron chi connectivity index (χ3n) is 2.90. The molecule has 5 atom stereocenters. The molecular weight excluding hydrogens is 224 g/mol. The number of aliphatic hydroxyl groups excluding tert-OH is 1. The van der Waals surface area contributed by atoms with E-state index in [1.54, 1.807) is 21.1 Å². The second-order valence-electron chi connectivity index (χ2n) is 4.83. The van der Waals surface area contributed by atoms with Gasteiger partial charge in [0.05, 0.1) is 12.7 Å². The number of methoxy groups -OCH3 is 2. The molecule has 0 spiro atoms. The molecule has 102 valence electrons. The number of hydrogen-bond acceptors (Lipinski definition) is 5. The van der Waals surface area contributed by atoms with Crippen LogP contribution in [0.5, 0.6) is 0 Å². The predicted octanol–water partition coefficient (Wildman–Crippen LogP) is 0.795. The molecule has 1 fully saturated rings. The molecule has 5 nitrogen and oxygen atoms in total. The predicted molar refractivity (Wildman–Crippen MR) is 62.7 cm³/mol. The van der Waals surface area contributed by atoms with Crippen molar-refractivity contribution in [2.75, 3.05) is 20.8 Å². The molecule has 1 N–H and O–H groups in total. The largest absolute Gasteiger partial charge is 0.388 e. The van der Waals surface area contributed by atoms with Crippen LogP contribution in [-0.4, -0.2) is 56.6 Å². The van der Waals surface area contributed by atoms with Crippen LogP contribution in [0.15, 0.2) is 0 Å². The molecule has 1 heterocycles. The Bertz CT molecular complexity index is 221. The molecule has 1 saturated heterocycles. The number of ether oxygens (including phenoxy) is 4. The molecule has 0 aliphatic carbocycles. The fourth-order valence-electron chi connectivity index (χ4n) is 1.93. The van der Waals surface area contributed by atoms with Gasteiger partial charge in [0, 0.05) is 14.2 Å². The fraction of sp³-hybridized carbons (Fsp3) is 1.00. The summed E-state index contributed by atoms with van der Waals surface area (Å²) in [5.74, 6) is 0.416. The van der Waals surface area contributed by atoms with E-state index in [1.807, 2.05) is 0 Å². The van der Waals surface area contributed by atoms with Crippen molar-refractivity contribution in [3.8, 4) is 0 Å². The van der Waals surface area contributed by atoms with Crippen molar-refractivity contribution in [1.29, 1.82) is 0 Å². The monoisotopic (exact) mass is 248 g/mol. The van der Waals surface area contributed by atoms with Gasteiger partial charge in [-0.25, -0.2) is 0 Å². The molecule has 5 heteroatoms. The zero-order chi connectivity index (χ0) is 13.0. The van der Waals surface area contributed by atoms with E-state index in [4.69, 9.17) is 18.9 Å². The highest BCUT2D eigenvalue weighted by molar-refractivity contribution is 4.89. The maximum Gasteiger partial charge on any atom is 0.186 e. The Morgan fingerprint density at radius 3 is 2.24 bits per heavy atom. The van der Waals surface area contributed by atoms with Gasteiger partial charge >= 0.3 is 0 Å². The highest BCUT2D eigenvalue weighted by Gasteiger charge is 2.44. The van der Waals surface area contributed by atoms with E-state index in [1.165, 1.54) is 0 Å². The van der Waals surface area contributed by atoms with Crippen LogP contribution < -0.4 is 0 Å². The Labute approximate surface area is 103 Å². The van der Waals surface area contributed by atoms with Gasteiger partial charge in [-0.3, -0.25) is 0 Å². The number of aliphatic hydroxyl groups is 1. The van der Waals surface area contributed by atoms with Crippen LogP contribution in [0.2, 0.25) is 0 Å². The molecule has 1 aliphatic rings. The van der Waals surface area contributed by atoms with E-state index in [-0.39, 0.29) is 6.10 Å². The van der Waals surface area contributed by atoms with E-state index < -0.39 is 24.6 Å². The van der Waals surface area contributed by atoms with Crippen LogP contribution in [0, 0.1) is 5.92 Å². The summed E-state index contributed by atoms with van der Waals surface area (Å²) in [5.41, 5.74) is 0. The lowest BCUT2D eigenvalue weighted by Gasteiger charge is -2.42. The van der Waals surface area contributed by atoms with Gasteiger partial charge in [0.15, 0.2) is 6.29 Å². The molecule has 0 aromatic heterocycles. The highest BCUT2D eigenvalue weighted by atomic mass is 16.7. The van der Waals surface area contributed by atoms with Crippen LogP contribution in [0.1, 0.15) is 20.8 Å². The van der Waals surface area contributed by atoms with E-state index in [2.05, 4.69) is 13.8 Å². The van der Waals surface area contributed by atoms with Gasteiger partial charge < -0.3 is 24.1 Å². The first-order valence-corrected chi connectivity index (χ1v) is 6.02. The molecule has 0 unspecified atom stereocenters. The Hall–Kier alpha value is -0.200. The molecule has 1 rings (SSSR count).